The molecular formula is C61H69N21O5. The predicted octanol–water partition coefficient (Wildman–Crippen LogP) is 7.60. The number of fused-ring (bicyclic) bond motifs is 3. The van der Waals surface area contributed by atoms with Crippen LogP contribution in [-0.2, 0) is 9.47 Å². The molecule has 9 aromatic heterocycles. The van der Waals surface area contributed by atoms with Gasteiger partial charge in [0.05, 0.1) is 35.3 Å². The van der Waals surface area contributed by atoms with E-state index in [4.69, 9.17) is 25.7 Å². The number of pyridine rings is 3. The van der Waals surface area contributed by atoms with E-state index in [0.29, 0.717) is 82.7 Å². The topological polar surface area (TPSA) is 342 Å². The number of anilines is 2. The van der Waals surface area contributed by atoms with Gasteiger partial charge in [-0.3, -0.25) is 18.0 Å². The number of hydrogen-bond donors (Lipinski definition) is 5. The number of hydrogen-bond acceptors (Lipinski definition) is 20. The number of likely N-dealkylation sites (tertiary alicyclic amines) is 2. The van der Waals surface area contributed by atoms with Crippen LogP contribution in [0.25, 0.3) is 51.5 Å². The molecule has 0 aliphatic carbocycles. The zero-order chi connectivity index (χ0) is 61.7. The molecule has 0 unspecified atom stereocenters. The first-order chi connectivity index (χ1) is 41.8. The van der Waals surface area contributed by atoms with E-state index in [-0.39, 0.29) is 29.8 Å². The number of nitrogens with zero attached hydrogens (tertiary/aromatic N) is 16. The van der Waals surface area contributed by atoms with E-state index in [2.05, 4.69) is 79.0 Å². The van der Waals surface area contributed by atoms with Crippen LogP contribution < -0.4 is 27.2 Å². The van der Waals surface area contributed by atoms with Gasteiger partial charge in [0.15, 0.2) is 17.5 Å². The third-order valence-corrected chi connectivity index (χ3v) is 13.8. The number of rotatable bonds is 7. The molecule has 0 bridgehead atoms. The summed E-state index contributed by atoms with van der Waals surface area (Å²) in [7, 11) is 0. The van der Waals surface area contributed by atoms with Crippen molar-refractivity contribution in [3.8, 4) is 52.8 Å². The standard InChI is InChI=1S/C22H25N7O2.C17H17N7.C12H7N5O.C10H20N2O2/c1-22(2,3)31-21(30)28-10-4-5-16(14-28)26-18-8-9-24-20(27-18)17-12-25-19-7-6-15(11-23)13-29(17)19;18-8-12-3-4-16-21-10-14(24(16)11-12)17-20-7-5-15(23-17)22-13-2-1-6-19-9-13;13-5-8-1-2-10-15-6-9(17(10)7-8)12-14-4-3-11(18)16-12;1-10(2,3)14-9(13)12-6-4-5-8(11)7-12/h6-9,12-13,16H,4-5,10,14H2,1-3H3,(H,24,26,27);3-5,7,10-11,13,19H,1-2,6,9H2,(H,20,22,23);1-4,6-7H,(H,14,16,18);8H,4-7,11H2,1-3H3/t16-;13-;;8-/m00.0/s1. The molecule has 0 aromatic carbocycles. The van der Waals surface area contributed by atoms with E-state index in [1.54, 1.807) is 100 Å². The summed E-state index contributed by atoms with van der Waals surface area (Å²) in [5.41, 5.74) is 10.5. The van der Waals surface area contributed by atoms with Crippen LogP contribution in [0.5, 0.6) is 0 Å². The SMILES string of the molecule is CC(C)(C)OC(=O)N1CCC[C@H](N)C1.CC(C)(C)OC(=O)N1CCC[C@H](Nc2ccnc(-c3cnc4ccc(C#N)cn34)n2)C1.N#Cc1ccc2ncc(-c3nccc(=O)[nH]3)n2c1.N#Cc1ccc2ncc(-c3nccc(N[C@H]4CCCNC4)n3)n2c1. The minimum atomic E-state index is -0.515. The highest BCUT2D eigenvalue weighted by molar-refractivity contribution is 5.69. The van der Waals surface area contributed by atoms with Crippen LogP contribution in [0.3, 0.4) is 0 Å². The summed E-state index contributed by atoms with van der Waals surface area (Å²) in [5.74, 6) is 3.00. The van der Waals surface area contributed by atoms with Gasteiger partial charge >= 0.3 is 12.2 Å². The van der Waals surface area contributed by atoms with Gasteiger partial charge in [-0.15, -0.1) is 0 Å². The molecule has 3 aliphatic heterocycles. The molecule has 12 heterocycles. The van der Waals surface area contributed by atoms with E-state index < -0.39 is 11.2 Å². The second-order valence-electron chi connectivity index (χ2n) is 22.9. The molecule has 3 aliphatic rings. The van der Waals surface area contributed by atoms with E-state index in [1.807, 2.05) is 62.5 Å². The smallest absolute Gasteiger partial charge is 0.410 e. The van der Waals surface area contributed by atoms with Gasteiger partial charge < -0.3 is 45.9 Å². The summed E-state index contributed by atoms with van der Waals surface area (Å²) in [6, 6.07) is 22.4. The second-order valence-corrected chi connectivity index (χ2v) is 22.9. The van der Waals surface area contributed by atoms with Gasteiger partial charge in [0.25, 0.3) is 5.56 Å². The number of ether oxygens (including phenoxy) is 2. The van der Waals surface area contributed by atoms with Crippen LogP contribution >= 0.6 is 0 Å². The molecule has 6 N–H and O–H groups in total. The first kappa shape index (κ1) is 61.2. The Bertz CT molecular complexity index is 4060. The normalized spacial score (nSPS) is 16.7. The summed E-state index contributed by atoms with van der Waals surface area (Å²) in [6.45, 7) is 15.9. The molecule has 12 rings (SSSR count). The van der Waals surface area contributed by atoms with Crippen LogP contribution in [0.2, 0.25) is 0 Å². The molecular weight excluding hydrogens is 1110 g/mol. The molecule has 26 nitrogen and oxygen atoms in total. The average molecular weight is 1180 g/mol. The van der Waals surface area contributed by atoms with E-state index in [9.17, 15) is 19.6 Å². The number of aromatic nitrogens is 12. The molecule has 448 valence electrons. The highest BCUT2D eigenvalue weighted by atomic mass is 16.6. The molecule has 2 amide bonds. The summed E-state index contributed by atoms with van der Waals surface area (Å²) in [5, 5.41) is 37.4. The monoisotopic (exact) mass is 1180 g/mol. The van der Waals surface area contributed by atoms with E-state index in [1.165, 1.54) is 18.7 Å². The van der Waals surface area contributed by atoms with E-state index >= 15 is 0 Å². The minimum Gasteiger partial charge on any atom is -0.444 e. The minimum absolute atomic E-state index is 0.0661. The predicted molar refractivity (Wildman–Crippen MR) is 325 cm³/mol. The number of H-pyrrole nitrogens is 1. The first-order valence-electron chi connectivity index (χ1n) is 28.6. The second kappa shape index (κ2) is 27.6. The van der Waals surface area contributed by atoms with Crippen LogP contribution in [0.1, 0.15) is 96.8 Å². The number of carbonyl (C=O) groups excluding carboxylic acids is 2. The number of piperidine rings is 3. The quantitative estimate of drug-likeness (QED) is 0.102. The molecule has 0 spiro atoms. The lowest BCUT2D eigenvalue weighted by atomic mass is 10.1. The summed E-state index contributed by atoms with van der Waals surface area (Å²) < 4.78 is 16.1. The Hall–Kier alpha value is -10.4. The molecule has 3 fully saturated rings. The molecule has 0 radical (unpaired) electrons. The fraction of sp³-hybridized carbons (Fsp3) is 0.377. The Morgan fingerprint density at radius 2 is 1.05 bits per heavy atom. The van der Waals surface area contributed by atoms with Gasteiger partial charge in [-0.2, -0.15) is 15.8 Å². The van der Waals surface area contributed by atoms with Crippen molar-refractivity contribution in [3.63, 3.8) is 0 Å². The van der Waals surface area contributed by atoms with Crippen LogP contribution in [0.15, 0.2) is 115 Å². The molecule has 26 heteroatoms. The largest absolute Gasteiger partial charge is 0.444 e. The van der Waals surface area contributed by atoms with Crippen LogP contribution in [0, 0.1) is 34.0 Å². The summed E-state index contributed by atoms with van der Waals surface area (Å²) >= 11 is 0. The summed E-state index contributed by atoms with van der Waals surface area (Å²) in [4.78, 5) is 76.4. The number of nitrogens with one attached hydrogen (secondary N) is 4. The molecule has 0 saturated carbocycles. The number of nitrogens with two attached hydrogens (primary N) is 1. The van der Waals surface area contributed by atoms with Crippen molar-refractivity contribution < 1.29 is 19.1 Å². The third kappa shape index (κ3) is 16.5. The van der Waals surface area contributed by atoms with Crippen molar-refractivity contribution in [2.75, 3.05) is 49.9 Å². The van der Waals surface area contributed by atoms with Gasteiger partial charge in [0, 0.05) is 94.1 Å². The Balaban J connectivity index is 0.000000144. The Morgan fingerprint density at radius 3 is 1.52 bits per heavy atom. The molecule has 3 saturated heterocycles. The van der Waals surface area contributed by atoms with Crippen molar-refractivity contribution in [2.45, 2.75) is 109 Å². The zero-order valence-corrected chi connectivity index (χ0v) is 49.4. The molecule has 87 heavy (non-hydrogen) atoms. The average Bonchev–Trinajstić information content (AvgIpc) is 2.41. The van der Waals surface area contributed by atoms with Gasteiger partial charge in [-0.1, -0.05) is 0 Å². The van der Waals surface area contributed by atoms with Crippen molar-refractivity contribution in [1.82, 2.24) is 73.2 Å². The van der Waals surface area contributed by atoms with Gasteiger partial charge in [-0.25, -0.2) is 49.5 Å². The van der Waals surface area contributed by atoms with Crippen molar-refractivity contribution >= 4 is 40.8 Å². The number of imidazole rings is 3. The fourth-order valence-electron chi connectivity index (χ4n) is 9.75. The highest BCUT2D eigenvalue weighted by Gasteiger charge is 2.29. The Kier molecular flexibility index (Phi) is 19.4. The zero-order valence-electron chi connectivity index (χ0n) is 49.4. The van der Waals surface area contributed by atoms with Crippen molar-refractivity contribution in [3.05, 3.63) is 137 Å². The maximum absolute atomic E-state index is 12.4. The number of amides is 2. The van der Waals surface area contributed by atoms with Gasteiger partial charge in [0.1, 0.15) is 75.1 Å². The highest BCUT2D eigenvalue weighted by Crippen LogP contribution is 2.24. The molecule has 9 aromatic rings. The number of aromatic amines is 1. The Morgan fingerprint density at radius 1 is 0.586 bits per heavy atom. The maximum atomic E-state index is 12.4. The summed E-state index contributed by atoms with van der Waals surface area (Å²) in [6.07, 6.45) is 20.6. The van der Waals surface area contributed by atoms with E-state index in [0.717, 1.165) is 74.5 Å². The first-order valence-corrected chi connectivity index (χ1v) is 28.6. The third-order valence-electron chi connectivity index (χ3n) is 13.8. The number of nitriles is 3. The van der Waals surface area contributed by atoms with Crippen molar-refractivity contribution in [2.24, 2.45) is 5.73 Å². The number of carbonyl (C=O) groups is 2. The fourth-order valence-corrected chi connectivity index (χ4v) is 9.75. The Labute approximate surface area is 502 Å². The lowest BCUT2D eigenvalue weighted by Crippen LogP contribution is -2.47. The lowest BCUT2D eigenvalue weighted by molar-refractivity contribution is 0.0193. The van der Waals surface area contributed by atoms with Crippen molar-refractivity contribution in [1.29, 1.82) is 15.8 Å². The lowest BCUT2D eigenvalue weighted by Gasteiger charge is -2.34. The van der Waals surface area contributed by atoms with Crippen LogP contribution in [-0.4, -0.2) is 149 Å². The van der Waals surface area contributed by atoms with Gasteiger partial charge in [-0.05, 0) is 135 Å². The maximum Gasteiger partial charge on any atom is 0.410 e. The van der Waals surface area contributed by atoms with Crippen LogP contribution in [0.4, 0.5) is 21.2 Å². The van der Waals surface area contributed by atoms with Gasteiger partial charge in [0.2, 0.25) is 0 Å². The molecule has 3 atom stereocenters.